The van der Waals surface area contributed by atoms with Gasteiger partial charge >= 0.3 is 6.18 Å². The molecule has 0 aliphatic carbocycles. The van der Waals surface area contributed by atoms with E-state index in [4.69, 9.17) is 9.47 Å². The van der Waals surface area contributed by atoms with E-state index in [2.05, 4.69) is 4.98 Å². The van der Waals surface area contributed by atoms with Crippen molar-refractivity contribution in [2.75, 3.05) is 32.9 Å². The molecule has 8 heteroatoms. The number of hydrogen-bond donors (Lipinski definition) is 0. The Morgan fingerprint density at radius 2 is 1.87 bits per heavy atom. The maximum Gasteiger partial charge on any atom is 0.433 e. The molecular weight excluding hydrogens is 409 g/mol. The van der Waals surface area contributed by atoms with Crippen molar-refractivity contribution in [3.05, 3.63) is 59.8 Å². The molecule has 2 aliphatic rings. The van der Waals surface area contributed by atoms with E-state index in [1.807, 2.05) is 35.2 Å². The SMILES string of the molecule is O=C(N1CCC(COc2cccc(C(F)(F)F)n2)C1)C1(c2ccccc2)CCOCC1. The molecule has 2 aromatic rings. The molecule has 1 atom stereocenters. The summed E-state index contributed by atoms with van der Waals surface area (Å²) < 4.78 is 49.6. The summed E-state index contributed by atoms with van der Waals surface area (Å²) in [5, 5.41) is 0. The van der Waals surface area contributed by atoms with Gasteiger partial charge in [0.2, 0.25) is 11.8 Å². The van der Waals surface area contributed by atoms with Crippen LogP contribution in [-0.4, -0.2) is 48.7 Å². The average molecular weight is 434 g/mol. The highest BCUT2D eigenvalue weighted by Crippen LogP contribution is 2.38. The molecule has 2 aliphatic heterocycles. The lowest BCUT2D eigenvalue weighted by molar-refractivity contribution is -0.142. The van der Waals surface area contributed by atoms with Crippen molar-refractivity contribution in [3.8, 4) is 5.88 Å². The van der Waals surface area contributed by atoms with E-state index < -0.39 is 17.3 Å². The smallest absolute Gasteiger partial charge is 0.433 e. The Kier molecular flexibility index (Phi) is 6.18. The standard InChI is InChI=1S/C23H25F3N2O3/c24-23(25,26)19-7-4-8-20(27-19)31-16-17-9-12-28(15-17)21(29)22(10-13-30-14-11-22)18-5-2-1-3-6-18/h1-8,17H,9-16H2. The predicted molar refractivity (Wildman–Crippen MR) is 108 cm³/mol. The Labute approximate surface area is 179 Å². The van der Waals surface area contributed by atoms with Gasteiger partial charge < -0.3 is 14.4 Å². The lowest BCUT2D eigenvalue weighted by atomic mass is 9.73. The zero-order valence-corrected chi connectivity index (χ0v) is 17.1. The van der Waals surface area contributed by atoms with E-state index >= 15 is 0 Å². The van der Waals surface area contributed by atoms with Crippen LogP contribution < -0.4 is 4.74 Å². The number of amides is 1. The predicted octanol–water partition coefficient (Wildman–Crippen LogP) is 4.08. The first-order valence-electron chi connectivity index (χ1n) is 10.5. The number of alkyl halides is 3. The lowest BCUT2D eigenvalue weighted by Gasteiger charge is -2.39. The van der Waals surface area contributed by atoms with Crippen LogP contribution in [0.15, 0.2) is 48.5 Å². The summed E-state index contributed by atoms with van der Waals surface area (Å²) in [7, 11) is 0. The quantitative estimate of drug-likeness (QED) is 0.712. The second-order valence-corrected chi connectivity index (χ2v) is 8.14. The molecule has 0 bridgehead atoms. The maximum absolute atomic E-state index is 13.6. The zero-order valence-electron chi connectivity index (χ0n) is 17.1. The molecule has 166 valence electrons. The minimum Gasteiger partial charge on any atom is -0.477 e. The molecule has 0 saturated carbocycles. The molecule has 1 aromatic carbocycles. The molecular formula is C23H25F3N2O3. The van der Waals surface area contributed by atoms with Crippen molar-refractivity contribution < 1.29 is 27.4 Å². The molecule has 2 fully saturated rings. The number of pyridine rings is 1. The van der Waals surface area contributed by atoms with E-state index in [-0.39, 0.29) is 24.3 Å². The highest BCUT2D eigenvalue weighted by Gasteiger charge is 2.45. The minimum absolute atomic E-state index is 0.0490. The Morgan fingerprint density at radius 1 is 1.13 bits per heavy atom. The molecule has 3 heterocycles. The minimum atomic E-state index is -4.51. The second kappa shape index (κ2) is 8.86. The molecule has 0 radical (unpaired) electrons. The van der Waals surface area contributed by atoms with Gasteiger partial charge in [0, 0.05) is 38.3 Å². The maximum atomic E-state index is 13.6. The van der Waals surface area contributed by atoms with Gasteiger partial charge in [-0.2, -0.15) is 13.2 Å². The summed E-state index contributed by atoms with van der Waals surface area (Å²) in [6, 6.07) is 13.4. The van der Waals surface area contributed by atoms with Gasteiger partial charge in [-0.3, -0.25) is 4.79 Å². The highest BCUT2D eigenvalue weighted by atomic mass is 19.4. The van der Waals surface area contributed by atoms with Crippen molar-refractivity contribution in [1.29, 1.82) is 0 Å². The van der Waals surface area contributed by atoms with Gasteiger partial charge in [0.25, 0.3) is 0 Å². The first-order chi connectivity index (χ1) is 14.9. The molecule has 5 nitrogen and oxygen atoms in total. The number of hydrogen-bond acceptors (Lipinski definition) is 4. The third-order valence-electron chi connectivity index (χ3n) is 6.14. The van der Waals surface area contributed by atoms with E-state index in [9.17, 15) is 18.0 Å². The third kappa shape index (κ3) is 4.69. The summed E-state index contributed by atoms with van der Waals surface area (Å²) >= 11 is 0. The Morgan fingerprint density at radius 3 is 2.58 bits per heavy atom. The molecule has 0 spiro atoms. The first-order valence-corrected chi connectivity index (χ1v) is 10.5. The molecule has 1 unspecified atom stereocenters. The highest BCUT2D eigenvalue weighted by molar-refractivity contribution is 5.88. The number of rotatable bonds is 5. The van der Waals surface area contributed by atoms with Gasteiger partial charge in [-0.15, -0.1) is 0 Å². The number of carbonyl (C=O) groups excluding carboxylic acids is 1. The number of aromatic nitrogens is 1. The second-order valence-electron chi connectivity index (χ2n) is 8.14. The third-order valence-corrected chi connectivity index (χ3v) is 6.14. The van der Waals surface area contributed by atoms with Crippen LogP contribution in [0.3, 0.4) is 0 Å². The molecule has 31 heavy (non-hydrogen) atoms. The number of benzene rings is 1. The van der Waals surface area contributed by atoms with Crippen LogP contribution in [-0.2, 0) is 21.1 Å². The molecule has 2 saturated heterocycles. The van der Waals surface area contributed by atoms with E-state index in [1.54, 1.807) is 0 Å². The largest absolute Gasteiger partial charge is 0.477 e. The average Bonchev–Trinajstić information content (AvgIpc) is 3.27. The van der Waals surface area contributed by atoms with Gasteiger partial charge in [0.05, 0.1) is 12.0 Å². The van der Waals surface area contributed by atoms with Crippen LogP contribution in [0.25, 0.3) is 0 Å². The van der Waals surface area contributed by atoms with Crippen molar-refractivity contribution >= 4 is 5.91 Å². The summed E-state index contributed by atoms with van der Waals surface area (Å²) in [4.78, 5) is 19.0. The number of ether oxygens (including phenoxy) is 2. The number of nitrogens with zero attached hydrogens (tertiary/aromatic N) is 2. The van der Waals surface area contributed by atoms with Crippen LogP contribution in [0.4, 0.5) is 13.2 Å². The van der Waals surface area contributed by atoms with Gasteiger partial charge in [-0.1, -0.05) is 36.4 Å². The van der Waals surface area contributed by atoms with Crippen LogP contribution >= 0.6 is 0 Å². The van der Waals surface area contributed by atoms with Crippen LogP contribution in [0.1, 0.15) is 30.5 Å². The van der Waals surface area contributed by atoms with Crippen LogP contribution in [0, 0.1) is 5.92 Å². The van der Waals surface area contributed by atoms with E-state index in [0.717, 1.165) is 18.1 Å². The first kappa shape index (κ1) is 21.6. The Bertz CT molecular complexity index is 898. The monoisotopic (exact) mass is 434 g/mol. The van der Waals surface area contributed by atoms with Crippen LogP contribution in [0.2, 0.25) is 0 Å². The van der Waals surface area contributed by atoms with Gasteiger partial charge in [0.15, 0.2) is 0 Å². The van der Waals surface area contributed by atoms with Crippen molar-refractivity contribution in [1.82, 2.24) is 9.88 Å². The molecule has 4 rings (SSSR count). The molecule has 1 amide bonds. The normalized spacial score (nSPS) is 21.1. The Balaban J connectivity index is 1.40. The van der Waals surface area contributed by atoms with E-state index in [0.29, 0.717) is 39.1 Å². The fourth-order valence-corrected chi connectivity index (χ4v) is 4.42. The van der Waals surface area contributed by atoms with Crippen molar-refractivity contribution in [3.63, 3.8) is 0 Å². The summed E-state index contributed by atoms with van der Waals surface area (Å²) in [5.74, 6) is 0.0967. The van der Waals surface area contributed by atoms with Crippen LogP contribution in [0.5, 0.6) is 5.88 Å². The van der Waals surface area contributed by atoms with Gasteiger partial charge in [-0.25, -0.2) is 4.98 Å². The summed E-state index contributed by atoms with van der Waals surface area (Å²) in [6.45, 7) is 2.44. The van der Waals surface area contributed by atoms with Gasteiger partial charge in [-0.05, 0) is 30.9 Å². The summed E-state index contributed by atoms with van der Waals surface area (Å²) in [5.41, 5.74) is -0.550. The lowest BCUT2D eigenvalue weighted by Crippen LogP contribution is -2.49. The van der Waals surface area contributed by atoms with E-state index in [1.165, 1.54) is 12.1 Å². The van der Waals surface area contributed by atoms with Crippen molar-refractivity contribution in [2.45, 2.75) is 30.9 Å². The topological polar surface area (TPSA) is 51.7 Å². The molecule has 1 aromatic heterocycles. The summed E-state index contributed by atoms with van der Waals surface area (Å²) in [6.07, 6.45) is -2.49. The molecule has 0 N–H and O–H groups in total. The number of likely N-dealkylation sites (tertiary alicyclic amines) is 1. The van der Waals surface area contributed by atoms with Crippen molar-refractivity contribution in [2.24, 2.45) is 5.92 Å². The Hall–Kier alpha value is -2.61. The zero-order chi connectivity index (χ0) is 21.9. The van der Waals surface area contributed by atoms with Gasteiger partial charge in [0.1, 0.15) is 5.69 Å². The fraction of sp³-hybridized carbons (Fsp3) is 0.478. The number of halogens is 3. The fourth-order valence-electron chi connectivity index (χ4n) is 4.42. The number of carbonyl (C=O) groups is 1.